The summed E-state index contributed by atoms with van der Waals surface area (Å²) in [6.45, 7) is 4.10. The Hall–Kier alpha value is -2.47. The molecule has 0 bridgehead atoms. The summed E-state index contributed by atoms with van der Waals surface area (Å²) in [6.07, 6.45) is 3.07. The number of amides is 1. The number of likely N-dealkylation sites (N-methyl/N-ethyl adjacent to an activating group) is 1. The Morgan fingerprint density at radius 3 is 2.48 bits per heavy atom. The van der Waals surface area contributed by atoms with Crippen LogP contribution < -0.4 is 10.6 Å². The van der Waals surface area contributed by atoms with Gasteiger partial charge in [0, 0.05) is 19.6 Å². The van der Waals surface area contributed by atoms with Gasteiger partial charge in [0.2, 0.25) is 0 Å². The first kappa shape index (κ1) is 16.9. The largest absolute Gasteiger partial charge is 0.365 e. The third kappa shape index (κ3) is 5.67. The second kappa shape index (κ2) is 8.24. The van der Waals surface area contributed by atoms with Gasteiger partial charge >= 0.3 is 0 Å². The van der Waals surface area contributed by atoms with Crippen molar-refractivity contribution in [2.24, 2.45) is 0 Å². The smallest absolute Gasteiger partial charge is 0.271 e. The number of anilines is 1. The minimum absolute atomic E-state index is 0.204. The zero-order valence-electron chi connectivity index (χ0n) is 13.8. The summed E-state index contributed by atoms with van der Waals surface area (Å²) in [5, 5.41) is 6.00. The highest BCUT2D eigenvalue weighted by molar-refractivity contribution is 5.91. The minimum Gasteiger partial charge on any atom is -0.365 e. The monoisotopic (exact) mass is 313 g/mol. The molecule has 2 aromatic rings. The van der Waals surface area contributed by atoms with E-state index in [4.69, 9.17) is 0 Å². The molecule has 23 heavy (non-hydrogen) atoms. The fourth-order valence-corrected chi connectivity index (χ4v) is 1.92. The molecular formula is C17H23N5O. The number of rotatable bonds is 7. The molecule has 0 radical (unpaired) electrons. The normalized spacial score (nSPS) is 10.6. The van der Waals surface area contributed by atoms with Gasteiger partial charge in [-0.3, -0.25) is 4.79 Å². The number of aryl methyl sites for hydroxylation is 1. The van der Waals surface area contributed by atoms with E-state index in [0.29, 0.717) is 24.6 Å². The molecule has 1 amide bonds. The van der Waals surface area contributed by atoms with Crippen LogP contribution in [0.25, 0.3) is 0 Å². The maximum absolute atomic E-state index is 11.9. The lowest BCUT2D eigenvalue weighted by atomic mass is 10.1. The molecule has 0 saturated carbocycles. The average molecular weight is 313 g/mol. The molecule has 1 aromatic heterocycles. The Labute approximate surface area is 137 Å². The van der Waals surface area contributed by atoms with E-state index in [2.05, 4.69) is 51.8 Å². The van der Waals surface area contributed by atoms with Crippen LogP contribution in [0.5, 0.6) is 0 Å². The van der Waals surface area contributed by atoms with Gasteiger partial charge in [0.15, 0.2) is 0 Å². The highest BCUT2D eigenvalue weighted by atomic mass is 16.1. The number of nitrogens with zero attached hydrogens (tertiary/aromatic N) is 3. The van der Waals surface area contributed by atoms with Crippen molar-refractivity contribution in [3.05, 3.63) is 53.5 Å². The summed E-state index contributed by atoms with van der Waals surface area (Å²) in [7, 11) is 3.92. The molecule has 0 atom stereocenters. The number of carbonyl (C=O) groups is 1. The number of benzene rings is 1. The summed E-state index contributed by atoms with van der Waals surface area (Å²) in [5.41, 5.74) is 2.73. The van der Waals surface area contributed by atoms with Gasteiger partial charge in [0.25, 0.3) is 5.91 Å². The molecule has 6 nitrogen and oxygen atoms in total. The Balaban J connectivity index is 1.84. The third-order valence-electron chi connectivity index (χ3n) is 3.32. The summed E-state index contributed by atoms with van der Waals surface area (Å²) in [6, 6.07) is 8.29. The highest BCUT2D eigenvalue weighted by Gasteiger charge is 2.07. The van der Waals surface area contributed by atoms with Crippen LogP contribution in [0.2, 0.25) is 0 Å². The highest BCUT2D eigenvalue weighted by Crippen LogP contribution is 2.07. The standard InChI is InChI=1S/C17H23N5O/c1-13-4-6-14(7-5-13)10-20-16-12-19-15(11-21-16)17(23)18-8-9-22(2)3/h4-7,11-12H,8-10H2,1-3H3,(H,18,23)(H,20,21). The minimum atomic E-state index is -0.204. The predicted molar refractivity (Wildman–Crippen MR) is 91.4 cm³/mol. The summed E-state index contributed by atoms with van der Waals surface area (Å²) < 4.78 is 0. The first-order valence-electron chi connectivity index (χ1n) is 7.59. The van der Waals surface area contributed by atoms with E-state index in [0.717, 1.165) is 6.54 Å². The van der Waals surface area contributed by atoms with Gasteiger partial charge in [-0.05, 0) is 26.6 Å². The molecule has 1 heterocycles. The van der Waals surface area contributed by atoms with Gasteiger partial charge in [-0.25, -0.2) is 9.97 Å². The molecule has 0 unspecified atom stereocenters. The molecule has 1 aromatic carbocycles. The maximum Gasteiger partial charge on any atom is 0.271 e. The van der Waals surface area contributed by atoms with E-state index in [9.17, 15) is 4.79 Å². The van der Waals surface area contributed by atoms with Gasteiger partial charge in [-0.2, -0.15) is 0 Å². The SMILES string of the molecule is Cc1ccc(CNc2cnc(C(=O)NCCN(C)C)cn2)cc1. The van der Waals surface area contributed by atoms with Gasteiger partial charge < -0.3 is 15.5 Å². The van der Waals surface area contributed by atoms with Crippen LogP contribution in [0.4, 0.5) is 5.82 Å². The van der Waals surface area contributed by atoms with E-state index in [-0.39, 0.29) is 5.91 Å². The van der Waals surface area contributed by atoms with Gasteiger partial charge in [-0.1, -0.05) is 29.8 Å². The molecule has 2 N–H and O–H groups in total. The van der Waals surface area contributed by atoms with Crippen molar-refractivity contribution < 1.29 is 4.79 Å². The predicted octanol–water partition coefficient (Wildman–Crippen LogP) is 1.69. The van der Waals surface area contributed by atoms with Gasteiger partial charge in [-0.15, -0.1) is 0 Å². The van der Waals surface area contributed by atoms with E-state index in [1.54, 1.807) is 6.20 Å². The fraction of sp³-hybridized carbons (Fsp3) is 0.353. The summed E-state index contributed by atoms with van der Waals surface area (Å²) in [5.74, 6) is 0.444. The van der Waals surface area contributed by atoms with Crippen LogP contribution in [0.1, 0.15) is 21.6 Å². The molecule has 122 valence electrons. The lowest BCUT2D eigenvalue weighted by Gasteiger charge is -2.10. The number of nitrogens with one attached hydrogen (secondary N) is 2. The average Bonchev–Trinajstić information content (AvgIpc) is 2.54. The van der Waals surface area contributed by atoms with Crippen molar-refractivity contribution in [3.63, 3.8) is 0 Å². The van der Waals surface area contributed by atoms with E-state index in [1.807, 2.05) is 19.0 Å². The molecule has 0 aliphatic carbocycles. The zero-order valence-corrected chi connectivity index (χ0v) is 13.8. The van der Waals surface area contributed by atoms with Crippen molar-refractivity contribution in [2.45, 2.75) is 13.5 Å². The number of hydrogen-bond acceptors (Lipinski definition) is 5. The molecule has 0 fully saturated rings. The van der Waals surface area contributed by atoms with Crippen LogP contribution in [0, 0.1) is 6.92 Å². The third-order valence-corrected chi connectivity index (χ3v) is 3.32. The zero-order chi connectivity index (χ0) is 16.7. The van der Waals surface area contributed by atoms with Crippen LogP contribution in [0.3, 0.4) is 0 Å². The molecule has 2 rings (SSSR count). The number of aromatic nitrogens is 2. The van der Waals surface area contributed by atoms with Gasteiger partial charge in [0.05, 0.1) is 12.4 Å². The second-order valence-corrected chi connectivity index (χ2v) is 5.69. The van der Waals surface area contributed by atoms with Crippen molar-refractivity contribution in [2.75, 3.05) is 32.5 Å². The molecule has 0 saturated heterocycles. The number of hydrogen-bond donors (Lipinski definition) is 2. The fourth-order valence-electron chi connectivity index (χ4n) is 1.92. The first-order valence-corrected chi connectivity index (χ1v) is 7.59. The molecule has 0 aliphatic rings. The second-order valence-electron chi connectivity index (χ2n) is 5.69. The van der Waals surface area contributed by atoms with Gasteiger partial charge in [0.1, 0.15) is 11.5 Å². The molecule has 0 aliphatic heterocycles. The molecule has 0 spiro atoms. The molecule has 6 heteroatoms. The van der Waals surface area contributed by atoms with E-state index >= 15 is 0 Å². The quantitative estimate of drug-likeness (QED) is 0.814. The topological polar surface area (TPSA) is 70.2 Å². The first-order chi connectivity index (χ1) is 11.0. The lowest BCUT2D eigenvalue weighted by molar-refractivity contribution is 0.0945. The van der Waals surface area contributed by atoms with Crippen molar-refractivity contribution in [1.29, 1.82) is 0 Å². The maximum atomic E-state index is 11.9. The Morgan fingerprint density at radius 2 is 1.87 bits per heavy atom. The number of carbonyl (C=O) groups excluding carboxylic acids is 1. The van der Waals surface area contributed by atoms with Crippen LogP contribution in [0.15, 0.2) is 36.7 Å². The van der Waals surface area contributed by atoms with Crippen LogP contribution in [-0.4, -0.2) is 48.0 Å². The van der Waals surface area contributed by atoms with Crippen molar-refractivity contribution in [3.8, 4) is 0 Å². The van der Waals surface area contributed by atoms with Crippen molar-refractivity contribution >= 4 is 11.7 Å². The Morgan fingerprint density at radius 1 is 1.13 bits per heavy atom. The Kier molecular flexibility index (Phi) is 6.05. The van der Waals surface area contributed by atoms with Crippen molar-refractivity contribution in [1.82, 2.24) is 20.2 Å². The van der Waals surface area contributed by atoms with E-state index in [1.165, 1.54) is 17.3 Å². The van der Waals surface area contributed by atoms with Crippen LogP contribution in [-0.2, 0) is 6.54 Å². The Bertz CT molecular complexity index is 622. The summed E-state index contributed by atoms with van der Waals surface area (Å²) >= 11 is 0. The molecular weight excluding hydrogens is 290 g/mol. The van der Waals surface area contributed by atoms with Crippen LogP contribution >= 0.6 is 0 Å². The lowest BCUT2D eigenvalue weighted by Crippen LogP contribution is -2.31. The summed E-state index contributed by atoms with van der Waals surface area (Å²) in [4.78, 5) is 22.3. The van der Waals surface area contributed by atoms with E-state index < -0.39 is 0 Å².